The van der Waals surface area contributed by atoms with Crippen molar-refractivity contribution in [3.05, 3.63) is 24.3 Å². The fourth-order valence-electron chi connectivity index (χ4n) is 2.49. The molecule has 0 aliphatic rings. The van der Waals surface area contributed by atoms with E-state index in [1.165, 1.54) is 0 Å². The third-order valence-corrected chi connectivity index (χ3v) is 4.33. The number of carbonyl (C=O) groups is 2. The van der Waals surface area contributed by atoms with Gasteiger partial charge in [-0.25, -0.2) is 4.79 Å². The van der Waals surface area contributed by atoms with E-state index in [0.29, 0.717) is 37.1 Å². The molecule has 14 heteroatoms. The van der Waals surface area contributed by atoms with Gasteiger partial charge in [0.25, 0.3) is 0 Å². The van der Waals surface area contributed by atoms with Crippen LogP contribution >= 0.6 is 0 Å². The maximum atomic E-state index is 13.6. The van der Waals surface area contributed by atoms with E-state index in [9.17, 15) is 53.5 Å². The molecular formula is C19H19F10NO3. The summed E-state index contributed by atoms with van der Waals surface area (Å²) in [6.07, 6.45) is -9.79. The normalized spacial score (nSPS) is 13.1. The predicted octanol–water partition coefficient (Wildman–Crippen LogP) is 6.29. The highest BCUT2D eigenvalue weighted by atomic mass is 19.4. The van der Waals surface area contributed by atoms with Crippen LogP contribution in [0.2, 0.25) is 0 Å². The monoisotopic (exact) mass is 499 g/mol. The van der Waals surface area contributed by atoms with Gasteiger partial charge in [-0.05, 0) is 30.7 Å². The molecule has 0 saturated carbocycles. The Morgan fingerprint density at radius 2 is 1.24 bits per heavy atom. The fraction of sp³-hybridized carbons (Fsp3) is 0.579. The van der Waals surface area contributed by atoms with Gasteiger partial charge in [-0.15, -0.1) is 0 Å². The summed E-state index contributed by atoms with van der Waals surface area (Å²) in [5.41, 5.74) is -0.540. The summed E-state index contributed by atoms with van der Waals surface area (Å²) in [6.45, 7) is 1.32. The first-order chi connectivity index (χ1) is 15.0. The number of anilines is 1. The van der Waals surface area contributed by atoms with Gasteiger partial charge in [0.2, 0.25) is 0 Å². The predicted molar refractivity (Wildman–Crippen MR) is 95.2 cm³/mol. The van der Waals surface area contributed by atoms with Crippen molar-refractivity contribution in [1.29, 1.82) is 0 Å². The summed E-state index contributed by atoms with van der Waals surface area (Å²) in [7, 11) is 0. The maximum absolute atomic E-state index is 13.6. The molecule has 0 atom stereocenters. The Hall–Kier alpha value is -2.54. The molecule has 0 spiro atoms. The van der Waals surface area contributed by atoms with Crippen LogP contribution in [0.25, 0.3) is 0 Å². The smallest absolute Gasteiger partial charge is 0.422 e. The lowest BCUT2D eigenvalue weighted by Gasteiger charge is -2.28. The minimum Gasteiger partial charge on any atom is -0.422 e. The van der Waals surface area contributed by atoms with Gasteiger partial charge in [0.1, 0.15) is 5.75 Å². The van der Waals surface area contributed by atoms with Gasteiger partial charge < -0.3 is 9.64 Å². The highest BCUT2D eigenvalue weighted by Gasteiger charge is 2.65. The van der Waals surface area contributed by atoms with Crippen LogP contribution in [0.1, 0.15) is 39.0 Å². The summed E-state index contributed by atoms with van der Waals surface area (Å²) >= 11 is 0. The molecule has 0 fully saturated rings. The number of ether oxygens (including phenoxy) is 1. The second kappa shape index (κ2) is 10.6. The van der Waals surface area contributed by atoms with Crippen molar-refractivity contribution in [3.63, 3.8) is 0 Å². The zero-order valence-electron chi connectivity index (χ0n) is 17.0. The number of unbranched alkanes of at least 4 members (excludes halogenated alkanes) is 4. The molecule has 1 amide bonds. The Bertz CT molecular complexity index is 804. The third kappa shape index (κ3) is 6.97. The average molecular weight is 499 g/mol. The zero-order valence-corrected chi connectivity index (χ0v) is 17.0. The number of carbonyl (C=O) groups excluding carboxylic acids is 2. The van der Waals surface area contributed by atoms with Crippen molar-refractivity contribution in [2.45, 2.75) is 63.2 Å². The Labute approximate surface area is 181 Å². The van der Waals surface area contributed by atoms with Gasteiger partial charge in [0.15, 0.2) is 0 Å². The molecule has 1 aromatic carbocycles. The summed E-state index contributed by atoms with van der Waals surface area (Å²) in [4.78, 5) is 23.2. The van der Waals surface area contributed by atoms with Crippen LogP contribution in [-0.2, 0) is 9.59 Å². The summed E-state index contributed by atoms with van der Waals surface area (Å²) in [6, 6.07) is 2.49. The van der Waals surface area contributed by atoms with Crippen LogP contribution in [-0.4, -0.2) is 42.6 Å². The number of amides is 1. The molecule has 0 aromatic heterocycles. The lowest BCUT2D eigenvalue weighted by molar-refractivity contribution is -0.276. The van der Waals surface area contributed by atoms with Gasteiger partial charge in [-0.2, -0.15) is 43.9 Å². The number of alkyl halides is 10. The van der Waals surface area contributed by atoms with E-state index in [4.69, 9.17) is 0 Å². The van der Waals surface area contributed by atoms with E-state index >= 15 is 0 Å². The first-order valence-electron chi connectivity index (χ1n) is 9.50. The van der Waals surface area contributed by atoms with Crippen LogP contribution in [0.3, 0.4) is 0 Å². The Balaban J connectivity index is 3.11. The van der Waals surface area contributed by atoms with Crippen LogP contribution in [0.15, 0.2) is 24.3 Å². The van der Waals surface area contributed by atoms with Gasteiger partial charge >= 0.3 is 36.1 Å². The van der Waals surface area contributed by atoms with E-state index in [1.54, 1.807) is 0 Å². The highest BCUT2D eigenvalue weighted by molar-refractivity contribution is 5.99. The van der Waals surface area contributed by atoms with Crippen molar-refractivity contribution < 1.29 is 58.2 Å². The van der Waals surface area contributed by atoms with Crippen molar-refractivity contribution in [3.8, 4) is 5.75 Å². The lowest BCUT2D eigenvalue weighted by Crippen LogP contribution is -2.52. The molecule has 0 aliphatic heterocycles. The molecule has 0 radical (unpaired) electrons. The average Bonchev–Trinajstić information content (AvgIpc) is 2.69. The molecule has 4 nitrogen and oxygen atoms in total. The summed E-state index contributed by atoms with van der Waals surface area (Å²) < 4.78 is 132. The number of hydrogen-bond donors (Lipinski definition) is 0. The van der Waals surface area contributed by atoms with Gasteiger partial charge in [0.05, 0.1) is 0 Å². The zero-order chi connectivity index (χ0) is 25.7. The fourth-order valence-corrected chi connectivity index (χ4v) is 2.49. The summed E-state index contributed by atoms with van der Waals surface area (Å²) in [5.74, 6) is -18.0. The molecule has 33 heavy (non-hydrogen) atoms. The third-order valence-electron chi connectivity index (χ3n) is 4.33. The minimum absolute atomic E-state index is 0.0498. The first kappa shape index (κ1) is 28.5. The molecular weight excluding hydrogens is 480 g/mol. The number of esters is 1. The number of halogens is 10. The molecule has 0 unspecified atom stereocenters. The van der Waals surface area contributed by atoms with Crippen LogP contribution in [0, 0.1) is 0 Å². The standard InChI is InChI=1S/C19H19F10NO3/c1-2-3-4-5-6-11-30(14(31)16(20,21)18(24,25)26)12-7-9-13(10-8-12)33-15(32)17(22,23)19(27,28)29/h7-10H,2-6,11H2,1H3. The van der Waals surface area contributed by atoms with Gasteiger partial charge in [0, 0.05) is 12.2 Å². The van der Waals surface area contributed by atoms with E-state index in [0.717, 1.165) is 12.8 Å². The Morgan fingerprint density at radius 1 is 0.758 bits per heavy atom. The van der Waals surface area contributed by atoms with E-state index in [1.807, 2.05) is 6.92 Å². The van der Waals surface area contributed by atoms with Crippen molar-refractivity contribution in [2.24, 2.45) is 0 Å². The van der Waals surface area contributed by atoms with E-state index in [-0.39, 0.29) is 11.3 Å². The molecule has 188 valence electrons. The molecule has 0 heterocycles. The minimum atomic E-state index is -6.24. The van der Waals surface area contributed by atoms with Crippen molar-refractivity contribution in [1.82, 2.24) is 0 Å². The summed E-state index contributed by atoms with van der Waals surface area (Å²) in [5, 5.41) is 0. The van der Waals surface area contributed by atoms with Crippen molar-refractivity contribution in [2.75, 3.05) is 11.4 Å². The molecule has 0 N–H and O–H groups in total. The number of nitrogens with zero attached hydrogens (tertiary/aromatic N) is 1. The lowest BCUT2D eigenvalue weighted by atomic mass is 10.1. The SMILES string of the molecule is CCCCCCCN(C(=O)C(F)(F)C(F)(F)F)c1ccc(OC(=O)C(F)(F)C(F)(F)F)cc1. The van der Waals surface area contributed by atoms with Crippen LogP contribution < -0.4 is 9.64 Å². The Kier molecular flexibility index (Phi) is 9.15. The second-order valence-corrected chi connectivity index (χ2v) is 6.90. The number of rotatable bonds is 10. The quantitative estimate of drug-likeness (QED) is 0.165. The Morgan fingerprint density at radius 3 is 1.70 bits per heavy atom. The maximum Gasteiger partial charge on any atom is 0.465 e. The second-order valence-electron chi connectivity index (χ2n) is 6.90. The van der Waals surface area contributed by atoms with Crippen molar-refractivity contribution >= 4 is 17.6 Å². The molecule has 0 bridgehead atoms. The highest BCUT2D eigenvalue weighted by Crippen LogP contribution is 2.39. The van der Waals surface area contributed by atoms with Crippen LogP contribution in [0.4, 0.5) is 49.6 Å². The first-order valence-corrected chi connectivity index (χ1v) is 9.50. The molecule has 1 aromatic rings. The van der Waals surface area contributed by atoms with E-state index < -0.39 is 54.1 Å². The van der Waals surface area contributed by atoms with Gasteiger partial charge in [-0.1, -0.05) is 32.6 Å². The topological polar surface area (TPSA) is 46.6 Å². The van der Waals surface area contributed by atoms with Gasteiger partial charge in [-0.3, -0.25) is 4.79 Å². The molecule has 0 saturated heterocycles. The van der Waals surface area contributed by atoms with Crippen LogP contribution in [0.5, 0.6) is 5.75 Å². The molecule has 0 aliphatic carbocycles. The van der Waals surface area contributed by atoms with E-state index in [2.05, 4.69) is 4.74 Å². The number of hydrogen-bond acceptors (Lipinski definition) is 3. The molecule has 1 rings (SSSR count). The largest absolute Gasteiger partial charge is 0.465 e. The number of benzene rings is 1.